The van der Waals surface area contributed by atoms with Crippen molar-refractivity contribution < 1.29 is 4.74 Å². The molecule has 0 saturated heterocycles. The largest absolute Gasteiger partial charge is 0.497 e. The summed E-state index contributed by atoms with van der Waals surface area (Å²) in [5, 5.41) is 4.20. The number of hydrogen-bond donors (Lipinski definition) is 0. The third-order valence-corrected chi connectivity index (χ3v) is 4.52. The molecule has 3 aromatic heterocycles. The molecule has 0 aliphatic heterocycles. The fourth-order valence-electron chi connectivity index (χ4n) is 2.58. The Morgan fingerprint density at radius 2 is 1.87 bits per heavy atom. The van der Waals surface area contributed by atoms with Crippen molar-refractivity contribution in [2.24, 2.45) is 0 Å². The number of benzene rings is 1. The van der Waals surface area contributed by atoms with E-state index in [4.69, 9.17) is 4.74 Å². The number of ether oxygens (including phenoxy) is 1. The van der Waals surface area contributed by atoms with E-state index in [0.717, 1.165) is 29.2 Å². The summed E-state index contributed by atoms with van der Waals surface area (Å²) in [4.78, 5) is 8.86. The molecule has 0 aliphatic carbocycles. The topological polar surface area (TPSA) is 39.4 Å². The van der Waals surface area contributed by atoms with Crippen molar-refractivity contribution in [3.63, 3.8) is 0 Å². The number of thiophene rings is 1. The minimum Gasteiger partial charge on any atom is -0.497 e. The zero-order chi connectivity index (χ0) is 15.6. The average Bonchev–Trinajstić information content (AvgIpc) is 3.25. The summed E-state index contributed by atoms with van der Waals surface area (Å²) in [7, 11) is 1.68. The quantitative estimate of drug-likeness (QED) is 0.569. The normalized spacial score (nSPS) is 11.0. The molecule has 0 fully saturated rings. The average molecular weight is 321 g/mol. The van der Waals surface area contributed by atoms with Crippen LogP contribution in [0.4, 0.5) is 0 Å². The minimum absolute atomic E-state index is 0.729. The van der Waals surface area contributed by atoms with Crippen molar-refractivity contribution in [3.8, 4) is 16.9 Å². The molecule has 0 radical (unpaired) electrons. The van der Waals surface area contributed by atoms with E-state index < -0.39 is 0 Å². The Hall–Kier alpha value is -2.66. The summed E-state index contributed by atoms with van der Waals surface area (Å²) >= 11 is 1.69. The van der Waals surface area contributed by atoms with Crippen molar-refractivity contribution in [2.45, 2.75) is 6.42 Å². The van der Waals surface area contributed by atoms with E-state index >= 15 is 0 Å². The maximum absolute atomic E-state index is 5.21. The van der Waals surface area contributed by atoms with Crippen LogP contribution in [-0.4, -0.2) is 21.5 Å². The van der Waals surface area contributed by atoms with Crippen LogP contribution in [-0.2, 0) is 6.42 Å². The highest BCUT2D eigenvalue weighted by atomic mass is 32.1. The van der Waals surface area contributed by atoms with E-state index in [9.17, 15) is 0 Å². The third kappa shape index (κ3) is 2.71. The van der Waals surface area contributed by atoms with Crippen LogP contribution in [0.2, 0.25) is 0 Å². The van der Waals surface area contributed by atoms with Crippen LogP contribution in [0.25, 0.3) is 16.9 Å². The van der Waals surface area contributed by atoms with Gasteiger partial charge in [0, 0.05) is 30.1 Å². The Labute approximate surface area is 138 Å². The lowest BCUT2D eigenvalue weighted by Gasteiger charge is -2.05. The first-order chi connectivity index (χ1) is 11.3. The van der Waals surface area contributed by atoms with E-state index in [-0.39, 0.29) is 0 Å². The molecule has 0 saturated carbocycles. The van der Waals surface area contributed by atoms with Crippen LogP contribution in [0.5, 0.6) is 5.75 Å². The maximum atomic E-state index is 5.21. The molecule has 5 heteroatoms. The van der Waals surface area contributed by atoms with Gasteiger partial charge >= 0.3 is 0 Å². The standard InChI is InChI=1S/C18H15N3OS/c1-22-17-4-2-13(3-5-17)8-16-10-20-18-19-9-15(11-21(16)18)14-6-7-23-12-14/h2-7,9-12H,8H2,1H3. The molecule has 4 rings (SSSR count). The summed E-state index contributed by atoms with van der Waals surface area (Å²) in [6.07, 6.45) is 6.68. The lowest BCUT2D eigenvalue weighted by Crippen LogP contribution is -1.97. The summed E-state index contributed by atoms with van der Waals surface area (Å²) in [5.74, 6) is 1.60. The van der Waals surface area contributed by atoms with Crippen molar-refractivity contribution in [2.75, 3.05) is 7.11 Å². The summed E-state index contributed by atoms with van der Waals surface area (Å²) < 4.78 is 7.27. The molecule has 4 aromatic rings. The van der Waals surface area contributed by atoms with E-state index in [0.29, 0.717) is 0 Å². The monoisotopic (exact) mass is 321 g/mol. The Balaban J connectivity index is 1.70. The lowest BCUT2D eigenvalue weighted by molar-refractivity contribution is 0.414. The van der Waals surface area contributed by atoms with Gasteiger partial charge in [0.1, 0.15) is 5.75 Å². The van der Waals surface area contributed by atoms with E-state index in [2.05, 4.69) is 49.5 Å². The van der Waals surface area contributed by atoms with Gasteiger partial charge in [-0.2, -0.15) is 11.3 Å². The van der Waals surface area contributed by atoms with Crippen LogP contribution in [0, 0.1) is 0 Å². The molecule has 0 amide bonds. The van der Waals surface area contributed by atoms with Gasteiger partial charge in [-0.3, -0.25) is 4.40 Å². The molecule has 0 atom stereocenters. The first-order valence-corrected chi connectivity index (χ1v) is 8.25. The molecule has 0 bridgehead atoms. The zero-order valence-electron chi connectivity index (χ0n) is 12.6. The number of imidazole rings is 1. The van der Waals surface area contributed by atoms with Gasteiger partial charge in [-0.25, -0.2) is 9.97 Å². The second kappa shape index (κ2) is 5.85. The number of aromatic nitrogens is 3. The number of fused-ring (bicyclic) bond motifs is 1. The number of methoxy groups -OCH3 is 1. The number of hydrogen-bond acceptors (Lipinski definition) is 4. The van der Waals surface area contributed by atoms with E-state index in [1.807, 2.05) is 24.5 Å². The Bertz CT molecular complexity index is 927. The Kier molecular flexibility index (Phi) is 3.55. The molecule has 0 aliphatic rings. The Morgan fingerprint density at radius 3 is 2.61 bits per heavy atom. The maximum Gasteiger partial charge on any atom is 0.233 e. The summed E-state index contributed by atoms with van der Waals surface area (Å²) in [6.45, 7) is 0. The third-order valence-electron chi connectivity index (χ3n) is 3.84. The second-order valence-corrected chi connectivity index (χ2v) is 6.08. The van der Waals surface area contributed by atoms with Gasteiger partial charge in [0.15, 0.2) is 0 Å². The van der Waals surface area contributed by atoms with Gasteiger partial charge in [0.2, 0.25) is 5.78 Å². The molecule has 0 N–H and O–H groups in total. The van der Waals surface area contributed by atoms with Gasteiger partial charge < -0.3 is 4.74 Å². The fraction of sp³-hybridized carbons (Fsp3) is 0.111. The first kappa shape index (κ1) is 14.0. The van der Waals surface area contributed by atoms with Crippen molar-refractivity contribution in [1.82, 2.24) is 14.4 Å². The van der Waals surface area contributed by atoms with Gasteiger partial charge in [-0.1, -0.05) is 12.1 Å². The van der Waals surface area contributed by atoms with Gasteiger partial charge in [-0.05, 0) is 40.1 Å². The molecule has 114 valence electrons. The molecule has 4 nitrogen and oxygen atoms in total. The molecular formula is C18H15N3OS. The number of nitrogens with zero attached hydrogens (tertiary/aromatic N) is 3. The predicted octanol–water partition coefficient (Wildman–Crippen LogP) is 4.06. The first-order valence-electron chi connectivity index (χ1n) is 7.31. The van der Waals surface area contributed by atoms with Crippen LogP contribution < -0.4 is 4.74 Å². The molecule has 3 heterocycles. The smallest absolute Gasteiger partial charge is 0.233 e. The predicted molar refractivity (Wildman–Crippen MR) is 92.1 cm³/mol. The summed E-state index contributed by atoms with van der Waals surface area (Å²) in [6, 6.07) is 10.2. The van der Waals surface area contributed by atoms with Crippen LogP contribution in [0.1, 0.15) is 11.3 Å². The van der Waals surface area contributed by atoms with Crippen LogP contribution >= 0.6 is 11.3 Å². The van der Waals surface area contributed by atoms with Gasteiger partial charge in [0.05, 0.1) is 13.3 Å². The molecule has 1 aromatic carbocycles. The summed E-state index contributed by atoms with van der Waals surface area (Å²) in [5.41, 5.74) is 4.63. The molecular weight excluding hydrogens is 306 g/mol. The fourth-order valence-corrected chi connectivity index (χ4v) is 3.25. The zero-order valence-corrected chi connectivity index (χ0v) is 13.5. The minimum atomic E-state index is 0.729. The van der Waals surface area contributed by atoms with Crippen LogP contribution in [0.3, 0.4) is 0 Å². The highest BCUT2D eigenvalue weighted by Crippen LogP contribution is 2.22. The highest BCUT2D eigenvalue weighted by Gasteiger charge is 2.08. The molecule has 23 heavy (non-hydrogen) atoms. The van der Waals surface area contributed by atoms with Gasteiger partial charge in [0.25, 0.3) is 0 Å². The van der Waals surface area contributed by atoms with Crippen molar-refractivity contribution in [1.29, 1.82) is 0 Å². The Morgan fingerprint density at radius 1 is 1.04 bits per heavy atom. The second-order valence-electron chi connectivity index (χ2n) is 5.30. The molecule has 0 unspecified atom stereocenters. The lowest BCUT2D eigenvalue weighted by atomic mass is 10.1. The van der Waals surface area contributed by atoms with E-state index in [1.165, 1.54) is 11.1 Å². The van der Waals surface area contributed by atoms with Crippen molar-refractivity contribution >= 4 is 17.1 Å². The highest BCUT2D eigenvalue weighted by molar-refractivity contribution is 7.08. The SMILES string of the molecule is COc1ccc(Cc2cnc3ncc(-c4ccsc4)cn23)cc1. The van der Waals surface area contributed by atoms with Crippen LogP contribution in [0.15, 0.2) is 59.7 Å². The van der Waals surface area contributed by atoms with Crippen molar-refractivity contribution in [3.05, 3.63) is 70.9 Å². The van der Waals surface area contributed by atoms with E-state index in [1.54, 1.807) is 18.4 Å². The van der Waals surface area contributed by atoms with Gasteiger partial charge in [-0.15, -0.1) is 0 Å². The molecule has 0 spiro atoms. The number of rotatable bonds is 4.